The Bertz CT molecular complexity index is 1300. The molecule has 0 saturated heterocycles. The van der Waals surface area contributed by atoms with Crippen LogP contribution >= 0.6 is 0 Å². The monoisotopic (exact) mass is 487 g/mol. The zero-order chi connectivity index (χ0) is 24.5. The molecule has 180 valence electrons. The number of nitrogens with two attached hydrogens (primary N) is 1. The Morgan fingerprint density at radius 1 is 1.09 bits per heavy atom. The summed E-state index contributed by atoms with van der Waals surface area (Å²) < 4.78 is 22.4. The van der Waals surface area contributed by atoms with Gasteiger partial charge in [0.15, 0.2) is 0 Å². The average molecular weight is 488 g/mol. The van der Waals surface area contributed by atoms with Crippen molar-refractivity contribution in [3.8, 4) is 17.1 Å². The summed E-state index contributed by atoms with van der Waals surface area (Å²) in [6, 6.07) is 16.4. The number of hydrogen-bond acceptors (Lipinski definition) is 7. The summed E-state index contributed by atoms with van der Waals surface area (Å²) in [5.74, 6) is 0.938. The minimum Gasteiger partial charge on any atom is -0.587 e. The summed E-state index contributed by atoms with van der Waals surface area (Å²) in [5, 5.41) is 0.182. The lowest BCUT2D eigenvalue weighted by Gasteiger charge is -2.31. The van der Waals surface area contributed by atoms with Gasteiger partial charge in [-0.3, -0.25) is 4.99 Å². The maximum Gasteiger partial charge on any atom is 0.269 e. The fourth-order valence-electron chi connectivity index (χ4n) is 5.02. The second kappa shape index (κ2) is 9.71. The van der Waals surface area contributed by atoms with Crippen LogP contribution in [0.5, 0.6) is 5.88 Å². The zero-order valence-electron chi connectivity index (χ0n) is 20.1. The molecule has 7 nitrogen and oxygen atoms in total. The summed E-state index contributed by atoms with van der Waals surface area (Å²) in [6.45, 7) is 4.10. The third kappa shape index (κ3) is 4.90. The lowest BCUT2D eigenvalue weighted by molar-refractivity contribution is 0.152. The SMILES string of the molecule is CN=C1C=C(N)[S+]([O-])Nc2nc(cc(-c3c(C)cccc3C)n2)OC2CC(C1)Cc1ccccc12. The van der Waals surface area contributed by atoms with Crippen molar-refractivity contribution in [1.82, 2.24) is 9.97 Å². The highest BCUT2D eigenvalue weighted by Crippen LogP contribution is 2.39. The third-order valence-corrected chi connectivity index (χ3v) is 7.57. The highest BCUT2D eigenvalue weighted by Gasteiger charge is 2.30. The van der Waals surface area contributed by atoms with E-state index in [4.69, 9.17) is 10.5 Å². The van der Waals surface area contributed by atoms with Crippen molar-refractivity contribution in [3.05, 3.63) is 81.9 Å². The second-order valence-electron chi connectivity index (χ2n) is 9.13. The van der Waals surface area contributed by atoms with Crippen molar-refractivity contribution in [1.29, 1.82) is 0 Å². The summed E-state index contributed by atoms with van der Waals surface area (Å²) >= 11 is -1.73. The van der Waals surface area contributed by atoms with Gasteiger partial charge >= 0.3 is 0 Å². The highest BCUT2D eigenvalue weighted by molar-refractivity contribution is 7.96. The van der Waals surface area contributed by atoms with E-state index in [9.17, 15) is 4.55 Å². The number of benzene rings is 2. The van der Waals surface area contributed by atoms with Crippen molar-refractivity contribution in [2.45, 2.75) is 39.2 Å². The Balaban J connectivity index is 1.66. The average Bonchev–Trinajstić information content (AvgIpc) is 2.83. The van der Waals surface area contributed by atoms with E-state index in [2.05, 4.69) is 37.9 Å². The van der Waals surface area contributed by atoms with Crippen molar-refractivity contribution < 1.29 is 9.29 Å². The molecule has 1 aliphatic carbocycles. The van der Waals surface area contributed by atoms with Gasteiger partial charge in [-0.25, -0.2) is 4.98 Å². The molecule has 3 unspecified atom stereocenters. The van der Waals surface area contributed by atoms with Crippen molar-refractivity contribution in [2.75, 3.05) is 11.8 Å². The molecule has 2 heterocycles. The number of fused-ring (bicyclic) bond motifs is 6. The number of anilines is 1. The predicted octanol–water partition coefficient (Wildman–Crippen LogP) is 4.79. The van der Waals surface area contributed by atoms with Crippen LogP contribution in [0, 0.1) is 19.8 Å². The summed E-state index contributed by atoms with van der Waals surface area (Å²) in [7, 11) is 1.74. The van der Waals surface area contributed by atoms with Gasteiger partial charge in [0, 0.05) is 30.5 Å². The quantitative estimate of drug-likeness (QED) is 0.478. The first-order chi connectivity index (χ1) is 16.9. The van der Waals surface area contributed by atoms with E-state index in [0.717, 1.165) is 41.7 Å². The molecule has 0 fully saturated rings. The van der Waals surface area contributed by atoms with E-state index in [0.29, 0.717) is 17.5 Å². The van der Waals surface area contributed by atoms with Crippen LogP contribution in [0.15, 0.2) is 64.6 Å². The van der Waals surface area contributed by atoms with Crippen LogP contribution in [0.1, 0.15) is 41.2 Å². The molecular weight excluding hydrogens is 458 g/mol. The third-order valence-electron chi connectivity index (χ3n) is 6.65. The minimum atomic E-state index is -1.73. The van der Waals surface area contributed by atoms with Gasteiger partial charge in [-0.05, 0) is 61.3 Å². The Hall–Kier alpha value is -3.36. The lowest BCUT2D eigenvalue weighted by atomic mass is 9.79. The Morgan fingerprint density at radius 3 is 2.63 bits per heavy atom. The molecule has 0 amide bonds. The van der Waals surface area contributed by atoms with Gasteiger partial charge in [-0.2, -0.15) is 9.71 Å². The molecule has 1 aromatic heterocycles. The number of hydrogen-bond donors (Lipinski definition) is 2. The van der Waals surface area contributed by atoms with Gasteiger partial charge in [0.25, 0.3) is 5.95 Å². The Labute approximate surface area is 208 Å². The largest absolute Gasteiger partial charge is 0.587 e. The number of aliphatic imine (C=N–C) groups is 1. The van der Waals surface area contributed by atoms with Crippen LogP contribution in [0.4, 0.5) is 5.95 Å². The van der Waals surface area contributed by atoms with E-state index < -0.39 is 11.4 Å². The Morgan fingerprint density at radius 2 is 1.86 bits per heavy atom. The van der Waals surface area contributed by atoms with Gasteiger partial charge in [-0.15, -0.1) is 0 Å². The topological polar surface area (TPSA) is 108 Å². The summed E-state index contributed by atoms with van der Waals surface area (Å²) in [4.78, 5) is 13.7. The number of aryl methyl sites for hydroxylation is 2. The van der Waals surface area contributed by atoms with Crippen LogP contribution < -0.4 is 15.2 Å². The van der Waals surface area contributed by atoms with Gasteiger partial charge in [-0.1, -0.05) is 42.5 Å². The second-order valence-corrected chi connectivity index (χ2v) is 10.3. The maximum atomic E-state index is 13.0. The number of nitrogens with one attached hydrogen (secondary N) is 1. The molecule has 0 spiro atoms. The van der Waals surface area contributed by atoms with Crippen molar-refractivity contribution >= 4 is 23.0 Å². The van der Waals surface area contributed by atoms with Gasteiger partial charge in [0.2, 0.25) is 10.9 Å². The van der Waals surface area contributed by atoms with Gasteiger partial charge < -0.3 is 15.0 Å². The van der Waals surface area contributed by atoms with Gasteiger partial charge in [0.1, 0.15) is 17.5 Å². The summed E-state index contributed by atoms with van der Waals surface area (Å²) in [6.07, 6.45) is 4.00. The first kappa shape index (κ1) is 23.4. The van der Waals surface area contributed by atoms with E-state index in [1.165, 1.54) is 11.1 Å². The molecule has 1 aliphatic heterocycles. The fourth-order valence-corrected chi connectivity index (χ4v) is 5.64. The van der Waals surface area contributed by atoms with E-state index in [-0.39, 0.29) is 17.1 Å². The van der Waals surface area contributed by atoms with Gasteiger partial charge in [0.05, 0.1) is 5.69 Å². The van der Waals surface area contributed by atoms with E-state index in [1.54, 1.807) is 13.1 Å². The van der Waals surface area contributed by atoms with Crippen LogP contribution in [0.3, 0.4) is 0 Å². The van der Waals surface area contributed by atoms with E-state index >= 15 is 0 Å². The smallest absolute Gasteiger partial charge is 0.269 e. The van der Waals surface area contributed by atoms with Crippen LogP contribution in [-0.2, 0) is 17.8 Å². The minimum absolute atomic E-state index is 0.163. The molecule has 3 aromatic rings. The Kier molecular flexibility index (Phi) is 6.49. The highest BCUT2D eigenvalue weighted by atomic mass is 32.2. The zero-order valence-corrected chi connectivity index (χ0v) is 20.9. The first-order valence-corrected chi connectivity index (χ1v) is 12.9. The number of aromatic nitrogens is 2. The normalized spacial score (nSPS) is 23.0. The molecule has 0 radical (unpaired) electrons. The molecule has 0 saturated carbocycles. The van der Waals surface area contributed by atoms with Crippen LogP contribution in [0.25, 0.3) is 11.3 Å². The molecule has 35 heavy (non-hydrogen) atoms. The molecule has 8 heteroatoms. The summed E-state index contributed by atoms with van der Waals surface area (Å²) in [5.41, 5.74) is 13.3. The van der Waals surface area contributed by atoms with E-state index in [1.807, 2.05) is 44.2 Å². The number of ether oxygens (including phenoxy) is 1. The molecule has 3 atom stereocenters. The molecule has 4 bridgehead atoms. The number of allylic oxidation sites excluding steroid dienone is 1. The predicted molar refractivity (Wildman–Crippen MR) is 141 cm³/mol. The van der Waals surface area contributed by atoms with Crippen molar-refractivity contribution in [3.63, 3.8) is 0 Å². The van der Waals surface area contributed by atoms with Crippen LogP contribution in [0.2, 0.25) is 0 Å². The fraction of sp³-hybridized carbons (Fsp3) is 0.296. The number of rotatable bonds is 1. The molecular formula is C27H29N5O2S. The standard InChI is InChI=1S/C27H29N5O2S/c1-16-7-6-8-17(2)26(16)22-15-25-31-27(30-22)32-35(33)24(28)14-20(29-3)12-18-11-19-9-4-5-10-21(19)23(13-18)34-25/h4-10,14-15,18,23H,11-13,28H2,1-3H3,(H,30,31,32). The molecule has 2 aliphatic rings. The lowest BCUT2D eigenvalue weighted by Crippen LogP contribution is -2.24. The first-order valence-electron chi connectivity index (χ1n) is 11.7. The molecule has 2 aromatic carbocycles. The van der Waals surface area contributed by atoms with Crippen molar-refractivity contribution in [2.24, 2.45) is 16.6 Å². The van der Waals surface area contributed by atoms with Crippen LogP contribution in [-0.4, -0.2) is 27.3 Å². The molecule has 3 N–H and O–H groups in total. The molecule has 5 rings (SSSR count). The number of nitrogens with zero attached hydrogens (tertiary/aromatic N) is 3. The maximum absolute atomic E-state index is 13.0.